The van der Waals surface area contributed by atoms with Crippen molar-refractivity contribution in [1.29, 1.82) is 0 Å². The van der Waals surface area contributed by atoms with E-state index in [0.717, 1.165) is 0 Å². The minimum Gasteiger partial charge on any atom is -0.361 e. The first-order chi connectivity index (χ1) is 6.08. The number of rotatable bonds is 4. The van der Waals surface area contributed by atoms with Crippen LogP contribution in [0.2, 0.25) is 0 Å². The molecule has 70 valence electrons. The predicted octanol–water partition coefficient (Wildman–Crippen LogP) is -4.20. The quantitative estimate of drug-likeness (QED) is 0.211. The molecule has 0 spiro atoms. The Labute approximate surface area is 87.7 Å². The van der Waals surface area contributed by atoms with Crippen LogP contribution in [0.3, 0.4) is 0 Å². The monoisotopic (exact) mass is 195 g/mol. The van der Waals surface area contributed by atoms with Gasteiger partial charge in [0.25, 0.3) is 0 Å². The zero-order chi connectivity index (χ0) is 9.84. The van der Waals surface area contributed by atoms with E-state index in [0.29, 0.717) is 0 Å². The average Bonchev–Trinajstić information content (AvgIpc) is 2.33. The smallest absolute Gasteiger partial charge is 0.361 e. The van der Waals surface area contributed by atoms with Crippen LogP contribution in [0.15, 0.2) is 0 Å². The maximum Gasteiger partial charge on any atom is 1.00 e. The molecule has 1 heterocycles. The average molecular weight is 195 g/mol. The molecule has 0 aliphatic rings. The number of aromatic nitrogens is 3. The first-order valence-electron chi connectivity index (χ1n) is 2.77. The molecule has 0 aliphatic heterocycles. The van der Waals surface area contributed by atoms with Gasteiger partial charge in [0.2, 0.25) is 0 Å². The van der Waals surface area contributed by atoms with Crippen molar-refractivity contribution in [3.63, 3.8) is 0 Å². The van der Waals surface area contributed by atoms with Gasteiger partial charge in [0.15, 0.2) is 0 Å². The van der Waals surface area contributed by atoms with E-state index in [1.807, 2.05) is 0 Å². The van der Waals surface area contributed by atoms with Crippen molar-refractivity contribution in [1.82, 2.24) is 15.2 Å². The Morgan fingerprint density at radius 2 is 1.93 bits per heavy atom. The van der Waals surface area contributed by atoms with Crippen LogP contribution in [0, 0.1) is 20.2 Å². The largest absolute Gasteiger partial charge is 1.00 e. The second-order valence-corrected chi connectivity index (χ2v) is 1.70. The van der Waals surface area contributed by atoms with E-state index < -0.39 is 22.0 Å². The number of nitro groups is 2. The fourth-order valence-corrected chi connectivity index (χ4v) is 0.498. The number of hydrogen-bond donors (Lipinski definition) is 2. The summed E-state index contributed by atoms with van der Waals surface area (Å²) in [4.78, 5) is 22.9. The van der Waals surface area contributed by atoms with Gasteiger partial charge in [0.1, 0.15) is 22.0 Å². The van der Waals surface area contributed by atoms with Gasteiger partial charge in [-0.1, -0.05) is 0 Å². The summed E-state index contributed by atoms with van der Waals surface area (Å²) < 4.78 is 0. The van der Waals surface area contributed by atoms with Crippen molar-refractivity contribution < 1.29 is 28.9 Å². The minimum absolute atomic E-state index is 0. The summed E-state index contributed by atoms with van der Waals surface area (Å²) in [6.07, 6.45) is 0. The Bertz CT molecular complexity index is 306. The molecule has 0 aromatic carbocycles. The van der Waals surface area contributed by atoms with Crippen LogP contribution in [0.1, 0.15) is 0 Å². The van der Waals surface area contributed by atoms with Crippen molar-refractivity contribution in [3.8, 4) is 0 Å². The van der Waals surface area contributed by atoms with Crippen molar-refractivity contribution in [3.05, 3.63) is 20.2 Å². The van der Waals surface area contributed by atoms with Gasteiger partial charge in [0, 0.05) is 0 Å². The summed E-state index contributed by atoms with van der Waals surface area (Å²) in [5.74, 6) is -0.844. The number of nitrogens with zero attached hydrogens (tertiary/aromatic N) is 5. The molecule has 1 aromatic rings. The van der Waals surface area contributed by atoms with E-state index in [1.165, 1.54) is 0 Å². The maximum atomic E-state index is 9.83. The van der Waals surface area contributed by atoms with Gasteiger partial charge in [-0.3, -0.25) is 0 Å². The van der Waals surface area contributed by atoms with E-state index in [1.54, 1.807) is 10.9 Å². The third-order valence-corrected chi connectivity index (χ3v) is 0.834. The number of hydrogen-bond acceptors (Lipinski definition) is 7. The van der Waals surface area contributed by atoms with Crippen LogP contribution in [0.4, 0.5) is 11.9 Å². The Morgan fingerprint density at radius 3 is 2.43 bits per heavy atom. The summed E-state index contributed by atoms with van der Waals surface area (Å²) in [5.41, 5.74) is 3.15. The third kappa shape index (κ3) is 3.69. The minimum atomic E-state index is -0.910. The third-order valence-electron chi connectivity index (χ3n) is 0.834. The molecule has 0 amide bonds. The predicted molar refractivity (Wildman–Crippen MR) is 36.7 cm³/mol. The molecule has 0 atom stereocenters. The summed E-state index contributed by atoms with van der Waals surface area (Å²) >= 11 is 0. The Kier molecular flexibility index (Phi) is 4.33. The molecule has 0 fully saturated rings. The van der Waals surface area contributed by atoms with E-state index in [9.17, 15) is 20.2 Å². The van der Waals surface area contributed by atoms with Gasteiger partial charge in [-0.2, -0.15) is 0 Å². The van der Waals surface area contributed by atoms with E-state index in [-0.39, 0.29) is 18.9 Å². The second kappa shape index (κ2) is 4.99. The normalized spacial score (nSPS) is 8.57. The molecule has 2 N–H and O–H groups in total. The molecule has 0 unspecified atom stereocenters. The van der Waals surface area contributed by atoms with Crippen LogP contribution < -0.4 is 29.7 Å². The van der Waals surface area contributed by atoms with Gasteiger partial charge in [-0.15, -0.1) is 10.9 Å². The number of hydrazine groups is 2. The molecule has 0 saturated carbocycles. The van der Waals surface area contributed by atoms with Crippen molar-refractivity contribution in [2.24, 2.45) is 0 Å². The van der Waals surface area contributed by atoms with Crippen molar-refractivity contribution in [2.75, 3.05) is 10.9 Å². The molecule has 14 heavy (non-hydrogen) atoms. The molecule has 12 heteroatoms. The fraction of sp³-hybridized carbons (Fsp3) is 0. The van der Waals surface area contributed by atoms with E-state index >= 15 is 0 Å². The number of nitrogens with one attached hydrogen (secondary N) is 2. The molecule has 1 aromatic heterocycles. The first kappa shape index (κ1) is 12.1. The van der Waals surface area contributed by atoms with Gasteiger partial charge >= 0.3 is 18.9 Å². The zero-order valence-electron chi connectivity index (χ0n) is 6.87. The molecule has 0 bridgehead atoms. The summed E-state index contributed by atoms with van der Waals surface area (Å²) in [6.45, 7) is 0. The molecule has 0 aliphatic carbocycles. The maximum absolute atomic E-state index is 9.83. The Balaban J connectivity index is 0.00000169. The summed E-state index contributed by atoms with van der Waals surface area (Å²) in [7, 11) is 0. The van der Waals surface area contributed by atoms with E-state index in [2.05, 4.69) is 15.2 Å². The standard InChI is InChI=1S/C2H2N7O4.Li/c10-8(11)6-1-3-2(5-4-1)7-9(12)13;/h6H,(H,3,7);/q-1;+1. The molecule has 11 nitrogen and oxygen atoms in total. The molecule has 0 saturated heterocycles. The SMILES string of the molecule is O=[N+]([O-])Nc1nn[c-](N[N+](=O)[O-])n1.[Li+]. The van der Waals surface area contributed by atoms with Crippen molar-refractivity contribution in [2.45, 2.75) is 0 Å². The topological polar surface area (TPSA) is 149 Å². The number of anilines is 2. The van der Waals surface area contributed by atoms with Crippen LogP contribution in [-0.2, 0) is 0 Å². The summed E-state index contributed by atoms with van der Waals surface area (Å²) in [5, 5.41) is 24.1. The van der Waals surface area contributed by atoms with Gasteiger partial charge in [-0.05, 0) is 0 Å². The van der Waals surface area contributed by atoms with Crippen LogP contribution in [-0.4, -0.2) is 25.2 Å². The first-order valence-corrected chi connectivity index (χ1v) is 2.77. The molecule has 0 radical (unpaired) electrons. The van der Waals surface area contributed by atoms with Crippen LogP contribution >= 0.6 is 0 Å². The van der Waals surface area contributed by atoms with Gasteiger partial charge in [-0.25, -0.2) is 30.4 Å². The van der Waals surface area contributed by atoms with Crippen LogP contribution in [0.25, 0.3) is 0 Å². The molecular weight excluding hydrogens is 193 g/mol. The fourth-order valence-electron chi connectivity index (χ4n) is 0.498. The molecule has 1 rings (SSSR count). The summed E-state index contributed by atoms with van der Waals surface area (Å²) in [6, 6.07) is 0. The van der Waals surface area contributed by atoms with E-state index in [4.69, 9.17) is 0 Å². The Morgan fingerprint density at radius 1 is 1.29 bits per heavy atom. The zero-order valence-corrected chi connectivity index (χ0v) is 6.87. The molecular formula is C2H2LiN7O4. The second-order valence-electron chi connectivity index (χ2n) is 1.70. The van der Waals surface area contributed by atoms with Gasteiger partial charge < -0.3 is 4.98 Å². The van der Waals surface area contributed by atoms with Gasteiger partial charge in [0.05, 0.1) is 0 Å². The Hall–Kier alpha value is -1.86. The van der Waals surface area contributed by atoms with Crippen LogP contribution in [0.5, 0.6) is 0 Å². The van der Waals surface area contributed by atoms with Crippen molar-refractivity contribution >= 4 is 11.9 Å².